The summed E-state index contributed by atoms with van der Waals surface area (Å²) in [7, 11) is 5.21. The lowest BCUT2D eigenvalue weighted by atomic mass is 9.73. The third-order valence-electron chi connectivity index (χ3n) is 7.78. The third kappa shape index (κ3) is 6.59. The number of anilines is 2. The van der Waals surface area contributed by atoms with Gasteiger partial charge in [0.15, 0.2) is 0 Å². The smallest absolute Gasteiger partial charge is 0.249 e. The van der Waals surface area contributed by atoms with Crippen molar-refractivity contribution in [2.24, 2.45) is 5.41 Å². The minimum atomic E-state index is -1.38. The average Bonchev–Trinajstić information content (AvgIpc) is 2.94. The lowest BCUT2D eigenvalue weighted by molar-refractivity contribution is -0.143. The number of benzene rings is 2. The molecule has 0 unspecified atom stereocenters. The van der Waals surface area contributed by atoms with Crippen LogP contribution in [0.25, 0.3) is 10.9 Å². The van der Waals surface area contributed by atoms with E-state index in [-0.39, 0.29) is 12.8 Å². The van der Waals surface area contributed by atoms with Crippen molar-refractivity contribution in [1.29, 1.82) is 0 Å². The fourth-order valence-electron chi connectivity index (χ4n) is 5.47. The van der Waals surface area contributed by atoms with E-state index < -0.39 is 29.1 Å². The van der Waals surface area contributed by atoms with Crippen LogP contribution in [0.1, 0.15) is 37.4 Å². The van der Waals surface area contributed by atoms with E-state index in [0.717, 1.165) is 6.07 Å². The summed E-state index contributed by atoms with van der Waals surface area (Å²) in [5.41, 5.74) is 3.03. The molecule has 1 fully saturated rings. The average molecular weight is 560 g/mol. The zero-order valence-corrected chi connectivity index (χ0v) is 23.0. The fraction of sp³-hybridized carbons (Fsp3) is 0.448. The highest BCUT2D eigenvalue weighted by molar-refractivity contribution is 5.88. The molecule has 40 heavy (non-hydrogen) atoms. The summed E-state index contributed by atoms with van der Waals surface area (Å²) in [5.74, 6) is -1.22. The number of carbonyl (C=O) groups excluding carboxylic acids is 1. The molecule has 1 aliphatic heterocycles. The molecule has 1 atom stereocenters. The zero-order valence-electron chi connectivity index (χ0n) is 23.0. The molecule has 1 aliphatic rings. The summed E-state index contributed by atoms with van der Waals surface area (Å²) < 4.78 is 48.3. The van der Waals surface area contributed by atoms with E-state index in [9.17, 15) is 18.8 Å². The summed E-state index contributed by atoms with van der Waals surface area (Å²) >= 11 is 0. The van der Waals surface area contributed by atoms with Gasteiger partial charge in [-0.1, -0.05) is 0 Å². The Balaban J connectivity index is 1.44. The number of rotatable bonds is 11. The van der Waals surface area contributed by atoms with E-state index >= 15 is 4.39 Å². The Hall–Kier alpha value is -3.57. The summed E-state index contributed by atoms with van der Waals surface area (Å²) in [6, 6.07) is 8.62. The number of amides is 1. The van der Waals surface area contributed by atoms with Gasteiger partial charge in [0.1, 0.15) is 23.6 Å². The summed E-state index contributed by atoms with van der Waals surface area (Å²) in [5, 5.41) is 13.2. The molecule has 4 rings (SSSR count). The largest absolute Gasteiger partial charge is 0.497 e. The van der Waals surface area contributed by atoms with Crippen LogP contribution in [0.15, 0.2) is 42.6 Å². The van der Waals surface area contributed by atoms with Crippen molar-refractivity contribution in [3.05, 3.63) is 59.8 Å². The number of carbonyl (C=O) groups is 1. The molecule has 8 nitrogen and oxygen atoms in total. The molecule has 3 aromatic rings. The van der Waals surface area contributed by atoms with Crippen LogP contribution >= 0.6 is 0 Å². The Kier molecular flexibility index (Phi) is 9.36. The number of hydroxylamine groups is 1. The van der Waals surface area contributed by atoms with Crippen molar-refractivity contribution in [2.75, 3.05) is 57.6 Å². The van der Waals surface area contributed by atoms with Crippen molar-refractivity contribution < 1.29 is 27.9 Å². The summed E-state index contributed by atoms with van der Waals surface area (Å²) in [4.78, 5) is 21.3. The van der Waals surface area contributed by atoms with E-state index in [4.69, 9.17) is 4.74 Å². The predicted octanol–water partition coefficient (Wildman–Crippen LogP) is 5.08. The van der Waals surface area contributed by atoms with E-state index in [1.807, 2.05) is 19.0 Å². The van der Waals surface area contributed by atoms with Gasteiger partial charge in [0.25, 0.3) is 0 Å². The Morgan fingerprint density at radius 2 is 1.88 bits per heavy atom. The van der Waals surface area contributed by atoms with Crippen molar-refractivity contribution in [2.45, 2.75) is 31.9 Å². The Bertz CT molecular complexity index is 1310. The van der Waals surface area contributed by atoms with Gasteiger partial charge in [-0.25, -0.2) is 18.7 Å². The number of methoxy groups -OCH3 is 1. The minimum absolute atomic E-state index is 0.0806. The molecule has 2 heterocycles. The first-order chi connectivity index (χ1) is 19.2. The first kappa shape index (κ1) is 29.4. The van der Waals surface area contributed by atoms with Crippen LogP contribution in [-0.2, 0) is 4.79 Å². The number of pyridine rings is 1. The van der Waals surface area contributed by atoms with Crippen molar-refractivity contribution in [3.63, 3.8) is 0 Å². The number of piperidine rings is 1. The maximum absolute atomic E-state index is 16.1. The van der Waals surface area contributed by atoms with Crippen LogP contribution < -0.4 is 20.4 Å². The lowest BCUT2D eigenvalue weighted by Crippen LogP contribution is -2.49. The van der Waals surface area contributed by atoms with Gasteiger partial charge in [-0.05, 0) is 69.1 Å². The van der Waals surface area contributed by atoms with Crippen molar-refractivity contribution in [1.82, 2.24) is 15.4 Å². The Morgan fingerprint density at radius 3 is 2.50 bits per heavy atom. The fourth-order valence-corrected chi connectivity index (χ4v) is 5.47. The zero-order chi connectivity index (χ0) is 28.9. The highest BCUT2D eigenvalue weighted by Gasteiger charge is 2.41. The second kappa shape index (κ2) is 12.7. The van der Waals surface area contributed by atoms with Gasteiger partial charge >= 0.3 is 0 Å². The van der Waals surface area contributed by atoms with Gasteiger partial charge in [-0.15, -0.1) is 0 Å². The number of likely N-dealkylation sites (tertiary alicyclic amines) is 1. The van der Waals surface area contributed by atoms with Gasteiger partial charge in [0.05, 0.1) is 29.9 Å². The Labute approximate surface area is 232 Å². The molecule has 0 radical (unpaired) electrons. The molecule has 2 aromatic carbocycles. The molecule has 0 aliphatic carbocycles. The third-order valence-corrected chi connectivity index (χ3v) is 7.78. The van der Waals surface area contributed by atoms with Crippen LogP contribution in [0.4, 0.5) is 24.5 Å². The molecule has 1 aromatic heterocycles. The molecule has 3 N–H and O–H groups in total. The number of nitrogens with zero attached hydrogens (tertiary/aromatic N) is 3. The molecule has 0 spiro atoms. The maximum atomic E-state index is 16.1. The molecule has 11 heteroatoms. The number of nitrogens with one attached hydrogen (secondary N) is 2. The number of aromatic nitrogens is 1. The van der Waals surface area contributed by atoms with E-state index in [1.165, 1.54) is 12.1 Å². The first-order valence-corrected chi connectivity index (χ1v) is 13.3. The van der Waals surface area contributed by atoms with Gasteiger partial charge in [-0.3, -0.25) is 15.0 Å². The molecule has 0 bridgehead atoms. The molecule has 1 saturated heterocycles. The number of halogens is 3. The molecular formula is C29H36F3N5O3. The quantitative estimate of drug-likeness (QED) is 0.223. The minimum Gasteiger partial charge on any atom is -0.497 e. The number of hydrogen-bond donors (Lipinski definition) is 3. The Morgan fingerprint density at radius 1 is 1.18 bits per heavy atom. The van der Waals surface area contributed by atoms with Crippen molar-refractivity contribution in [3.8, 4) is 5.75 Å². The molecule has 0 saturated carbocycles. The number of hydrogen-bond acceptors (Lipinski definition) is 7. The normalized spacial score (nSPS) is 16.0. The number of alkyl halides is 1. The maximum Gasteiger partial charge on any atom is 0.249 e. The molecule has 216 valence electrons. The molecule has 1 amide bonds. The SMILES string of the molecule is COc1ccc2ncc(N(C)C)c([C@H](F)CCC3(C(=O)NO)CCN(CCNc4cc(F)cc(F)c4)CC3)c2c1. The van der Waals surface area contributed by atoms with Crippen LogP contribution in [0.5, 0.6) is 5.75 Å². The van der Waals surface area contributed by atoms with Crippen molar-refractivity contribution >= 4 is 28.2 Å². The van der Waals surface area contributed by atoms with Crippen LogP contribution in [0.3, 0.4) is 0 Å². The number of ether oxygens (including phenoxy) is 1. The summed E-state index contributed by atoms with van der Waals surface area (Å²) in [6.07, 6.45) is 1.47. The predicted molar refractivity (Wildman–Crippen MR) is 149 cm³/mol. The first-order valence-electron chi connectivity index (χ1n) is 13.3. The van der Waals surface area contributed by atoms with Gasteiger partial charge < -0.3 is 19.9 Å². The topological polar surface area (TPSA) is 90.0 Å². The second-order valence-corrected chi connectivity index (χ2v) is 10.5. The second-order valence-electron chi connectivity index (χ2n) is 10.5. The number of fused-ring (bicyclic) bond motifs is 1. The highest BCUT2D eigenvalue weighted by Crippen LogP contribution is 2.43. The van der Waals surface area contributed by atoms with Gasteiger partial charge in [0.2, 0.25) is 5.91 Å². The monoisotopic (exact) mass is 559 g/mol. The van der Waals surface area contributed by atoms with Crippen LogP contribution in [0.2, 0.25) is 0 Å². The van der Waals surface area contributed by atoms with Gasteiger partial charge in [-0.2, -0.15) is 0 Å². The highest BCUT2D eigenvalue weighted by atomic mass is 19.1. The molecular weight excluding hydrogens is 523 g/mol. The lowest BCUT2D eigenvalue weighted by Gasteiger charge is -2.40. The van der Waals surface area contributed by atoms with E-state index in [0.29, 0.717) is 72.6 Å². The van der Waals surface area contributed by atoms with E-state index in [1.54, 1.807) is 37.0 Å². The standard InChI is InChI=1S/C29H36F3N5O3/c1-36(2)26-18-34-25-5-4-22(40-3)17-23(25)27(26)24(32)6-7-29(28(38)35-39)8-11-37(12-9-29)13-10-33-21-15-19(30)14-20(31)16-21/h4-5,14-18,24,33,39H,6-13H2,1-3H3,(H,35,38)/t24-/m1/s1. The van der Waals surface area contributed by atoms with E-state index in [2.05, 4.69) is 15.2 Å². The van der Waals surface area contributed by atoms with Gasteiger partial charge in [0, 0.05) is 49.9 Å². The summed E-state index contributed by atoms with van der Waals surface area (Å²) in [6.45, 7) is 2.17. The van der Waals surface area contributed by atoms with Crippen LogP contribution in [0, 0.1) is 17.0 Å². The van der Waals surface area contributed by atoms with Crippen LogP contribution in [-0.4, -0.2) is 68.4 Å².